The minimum Gasteiger partial charge on any atom is -0.397 e. The molecule has 2 saturated heterocycles. The lowest BCUT2D eigenvalue weighted by Crippen LogP contribution is -2.36. The van der Waals surface area contributed by atoms with Crippen molar-refractivity contribution in [2.45, 2.75) is 0 Å². The summed E-state index contributed by atoms with van der Waals surface area (Å²) < 4.78 is 10.5. The van der Waals surface area contributed by atoms with Crippen molar-refractivity contribution in [1.82, 2.24) is 9.97 Å². The number of carbonyl (C=O) groups is 1. The third kappa shape index (κ3) is 5.71. The first kappa shape index (κ1) is 22.1. The number of carbonyl (C=O) groups excluding carboxylic acids is 1. The van der Waals surface area contributed by atoms with Gasteiger partial charge in [-0.3, -0.25) is 4.79 Å². The summed E-state index contributed by atoms with van der Waals surface area (Å²) >= 11 is 0. The van der Waals surface area contributed by atoms with E-state index in [0.717, 1.165) is 50.8 Å². The molecule has 6 N–H and O–H groups in total. The summed E-state index contributed by atoms with van der Waals surface area (Å²) in [6.45, 7) is 6.11. The third-order valence-electron chi connectivity index (χ3n) is 4.90. The molecule has 0 aromatic carbocycles. The van der Waals surface area contributed by atoms with Crippen LogP contribution in [0.2, 0.25) is 0 Å². The Morgan fingerprint density at radius 1 is 0.903 bits per heavy atom. The molecule has 0 saturated carbocycles. The molecule has 0 bridgehead atoms. The molecule has 2 aromatic heterocycles. The van der Waals surface area contributed by atoms with Crippen molar-refractivity contribution in [3.05, 3.63) is 35.9 Å². The normalized spacial score (nSPS) is 16.1. The van der Waals surface area contributed by atoms with Crippen LogP contribution in [-0.4, -0.2) is 68.5 Å². The smallest absolute Gasteiger partial charge is 0.269 e. The van der Waals surface area contributed by atoms with Gasteiger partial charge in [0.2, 0.25) is 0 Å². The van der Waals surface area contributed by atoms with Crippen molar-refractivity contribution in [2.24, 2.45) is 5.73 Å². The molecule has 0 spiro atoms. The Labute approximate surface area is 180 Å². The number of nitrogens with zero attached hydrogens (tertiary/aromatic N) is 5. The number of hydrogen-bond acceptors (Lipinski definition) is 10. The van der Waals surface area contributed by atoms with E-state index in [1.807, 2.05) is 6.07 Å². The van der Waals surface area contributed by atoms with Gasteiger partial charge in [0.25, 0.3) is 5.91 Å². The summed E-state index contributed by atoms with van der Waals surface area (Å²) in [5, 5.41) is 8.69. The Morgan fingerprint density at radius 3 is 1.81 bits per heavy atom. The molecule has 0 aliphatic carbocycles. The highest BCUT2D eigenvalue weighted by Crippen LogP contribution is 2.20. The maximum atomic E-state index is 11.0. The summed E-state index contributed by atoms with van der Waals surface area (Å²) in [5.74, 6) is -0.606. The highest BCUT2D eigenvalue weighted by Gasteiger charge is 2.15. The van der Waals surface area contributed by atoms with Gasteiger partial charge in [-0.15, -0.1) is 0 Å². The third-order valence-corrected chi connectivity index (χ3v) is 4.90. The first-order valence-corrected chi connectivity index (χ1v) is 9.86. The van der Waals surface area contributed by atoms with Gasteiger partial charge in [-0.1, -0.05) is 0 Å². The molecule has 11 heteroatoms. The molecule has 164 valence electrons. The van der Waals surface area contributed by atoms with E-state index >= 15 is 0 Å². The first-order chi connectivity index (χ1) is 15.0. The number of nitrogen functional groups attached to an aromatic ring is 2. The maximum absolute atomic E-state index is 11.0. The van der Waals surface area contributed by atoms with Gasteiger partial charge >= 0.3 is 0 Å². The van der Waals surface area contributed by atoms with Gasteiger partial charge in [0.05, 0.1) is 61.6 Å². The molecule has 2 aromatic rings. The van der Waals surface area contributed by atoms with E-state index in [0.29, 0.717) is 24.6 Å². The summed E-state index contributed by atoms with van der Waals surface area (Å²) in [7, 11) is 0. The van der Waals surface area contributed by atoms with Crippen LogP contribution in [0.3, 0.4) is 0 Å². The molecule has 2 aliphatic rings. The van der Waals surface area contributed by atoms with Crippen molar-refractivity contribution in [2.75, 3.05) is 73.9 Å². The van der Waals surface area contributed by atoms with E-state index in [1.165, 1.54) is 0 Å². The van der Waals surface area contributed by atoms with Gasteiger partial charge in [-0.2, -0.15) is 5.26 Å². The quantitative estimate of drug-likeness (QED) is 0.605. The van der Waals surface area contributed by atoms with Crippen LogP contribution in [0.4, 0.5) is 22.7 Å². The molecule has 2 aliphatic heterocycles. The van der Waals surface area contributed by atoms with Gasteiger partial charge in [0.1, 0.15) is 6.07 Å². The first-order valence-electron chi connectivity index (χ1n) is 9.86. The van der Waals surface area contributed by atoms with Crippen molar-refractivity contribution in [3.8, 4) is 6.07 Å². The van der Waals surface area contributed by atoms with Crippen LogP contribution in [-0.2, 0) is 9.47 Å². The molecule has 4 rings (SSSR count). The summed E-state index contributed by atoms with van der Waals surface area (Å²) in [4.78, 5) is 23.2. The zero-order valence-electron chi connectivity index (χ0n) is 17.2. The van der Waals surface area contributed by atoms with Crippen molar-refractivity contribution in [1.29, 1.82) is 5.26 Å². The summed E-state index contributed by atoms with van der Waals surface area (Å²) in [6.07, 6.45) is 3.29. The molecule has 4 heterocycles. The molecule has 1 amide bonds. The number of ether oxygens (including phenoxy) is 2. The molecule has 11 nitrogen and oxygen atoms in total. The van der Waals surface area contributed by atoms with E-state index in [9.17, 15) is 4.79 Å². The molecular formula is C20H26N8O3. The van der Waals surface area contributed by atoms with E-state index in [2.05, 4.69) is 19.8 Å². The lowest BCUT2D eigenvalue weighted by atomic mass is 10.2. The number of pyridine rings is 2. The van der Waals surface area contributed by atoms with Crippen LogP contribution in [0, 0.1) is 11.3 Å². The lowest BCUT2D eigenvalue weighted by molar-refractivity contribution is 0.0996. The van der Waals surface area contributed by atoms with Crippen LogP contribution in [0.15, 0.2) is 24.5 Å². The molecule has 2 fully saturated rings. The van der Waals surface area contributed by atoms with Crippen LogP contribution in [0.1, 0.15) is 16.2 Å². The Morgan fingerprint density at radius 2 is 1.39 bits per heavy atom. The number of nitriles is 1. The fourth-order valence-corrected chi connectivity index (χ4v) is 3.23. The number of aromatic nitrogens is 2. The second-order valence-corrected chi connectivity index (χ2v) is 6.94. The highest BCUT2D eigenvalue weighted by molar-refractivity contribution is 5.96. The fraction of sp³-hybridized carbons (Fsp3) is 0.400. The number of amides is 1. The topological polar surface area (TPSA) is 170 Å². The van der Waals surface area contributed by atoms with E-state index < -0.39 is 5.91 Å². The molecule has 0 radical (unpaired) electrons. The Bertz CT molecular complexity index is 950. The van der Waals surface area contributed by atoms with Crippen molar-refractivity contribution >= 4 is 28.7 Å². The second kappa shape index (κ2) is 10.4. The zero-order chi connectivity index (χ0) is 22.2. The van der Waals surface area contributed by atoms with Crippen molar-refractivity contribution in [3.63, 3.8) is 0 Å². The number of anilines is 4. The van der Waals surface area contributed by atoms with Crippen molar-refractivity contribution < 1.29 is 14.3 Å². The Hall–Kier alpha value is -3.62. The predicted octanol–water partition coefficient (Wildman–Crippen LogP) is -0.0286. The van der Waals surface area contributed by atoms with E-state index in [-0.39, 0.29) is 11.4 Å². The molecule has 0 atom stereocenters. The average Bonchev–Trinajstić information content (AvgIpc) is 2.80. The van der Waals surface area contributed by atoms with Gasteiger partial charge < -0.3 is 36.5 Å². The van der Waals surface area contributed by atoms with E-state index in [1.54, 1.807) is 24.5 Å². The number of morpholine rings is 2. The van der Waals surface area contributed by atoms with Gasteiger partial charge in [-0.05, 0) is 12.1 Å². The van der Waals surface area contributed by atoms with Crippen LogP contribution < -0.4 is 27.0 Å². The Kier molecular flexibility index (Phi) is 7.42. The SMILES string of the molecule is N#Cc1ncc(N2CCOCC2)cc1N.NC(=O)c1ncc(N2CCOCC2)cc1N. The standard InChI is InChI=1S/C10H14N4O2.C10H12N4O/c11-8-5-7(6-13-9(8)10(12)15)14-1-3-16-4-2-14;11-6-10-9(12)5-8(7-13-10)14-1-3-15-4-2-14/h5-6H,1-4,11H2,(H2,12,15);5,7H,1-4,12H2. The molecular weight excluding hydrogens is 400 g/mol. The highest BCUT2D eigenvalue weighted by atomic mass is 16.5. The number of nitrogens with two attached hydrogens (primary N) is 3. The van der Waals surface area contributed by atoms with Gasteiger partial charge in [-0.25, -0.2) is 9.97 Å². The number of primary amides is 1. The minimum absolute atomic E-state index is 0.122. The minimum atomic E-state index is -0.606. The number of rotatable bonds is 3. The number of hydrogen-bond donors (Lipinski definition) is 3. The van der Waals surface area contributed by atoms with Gasteiger partial charge in [0, 0.05) is 26.2 Å². The second-order valence-electron chi connectivity index (χ2n) is 6.94. The summed E-state index contributed by atoms with van der Waals surface area (Å²) in [5.41, 5.74) is 19.5. The fourth-order valence-electron chi connectivity index (χ4n) is 3.23. The largest absolute Gasteiger partial charge is 0.397 e. The lowest BCUT2D eigenvalue weighted by Gasteiger charge is -2.28. The van der Waals surface area contributed by atoms with Crippen LogP contribution >= 0.6 is 0 Å². The van der Waals surface area contributed by atoms with Crippen LogP contribution in [0.5, 0.6) is 0 Å². The van der Waals surface area contributed by atoms with E-state index in [4.69, 9.17) is 31.9 Å². The Balaban J connectivity index is 0.000000176. The average molecular weight is 426 g/mol. The van der Waals surface area contributed by atoms with Gasteiger partial charge in [0.15, 0.2) is 11.4 Å². The monoisotopic (exact) mass is 426 g/mol. The zero-order valence-corrected chi connectivity index (χ0v) is 17.2. The predicted molar refractivity (Wildman–Crippen MR) is 117 cm³/mol. The molecule has 0 unspecified atom stereocenters. The molecule has 31 heavy (non-hydrogen) atoms. The van der Waals surface area contributed by atoms with Crippen LogP contribution in [0.25, 0.3) is 0 Å². The summed E-state index contributed by atoms with van der Waals surface area (Å²) in [6, 6.07) is 5.46. The maximum Gasteiger partial charge on any atom is 0.269 e.